The standard InChI is InChI=1S/C19H21NO2/c1-2-3-12-22-19-10-8-16(9-11-19)13-20-14-17-6-4-5-7-18(17)15-21/h1,4-11,20-21H,3,12-15H2. The van der Waals surface area contributed by atoms with Gasteiger partial charge in [-0.2, -0.15) is 0 Å². The molecule has 0 amide bonds. The number of hydrogen-bond donors (Lipinski definition) is 2. The Morgan fingerprint density at radius 1 is 1.00 bits per heavy atom. The molecule has 2 rings (SSSR count). The van der Waals surface area contributed by atoms with Crippen molar-refractivity contribution in [3.8, 4) is 18.1 Å². The number of nitrogens with one attached hydrogen (secondary N) is 1. The summed E-state index contributed by atoms with van der Waals surface area (Å²) >= 11 is 0. The Hall–Kier alpha value is -2.28. The van der Waals surface area contributed by atoms with Crippen LogP contribution in [0.4, 0.5) is 0 Å². The van der Waals surface area contributed by atoms with Crippen LogP contribution in [0.25, 0.3) is 0 Å². The highest BCUT2D eigenvalue weighted by atomic mass is 16.5. The molecule has 0 heterocycles. The number of benzene rings is 2. The number of ether oxygens (including phenoxy) is 1. The van der Waals surface area contributed by atoms with E-state index >= 15 is 0 Å². The average Bonchev–Trinajstić information content (AvgIpc) is 2.57. The second-order valence-electron chi connectivity index (χ2n) is 4.98. The Bertz CT molecular complexity index is 614. The molecule has 0 bridgehead atoms. The van der Waals surface area contributed by atoms with Crippen LogP contribution in [-0.2, 0) is 19.7 Å². The average molecular weight is 295 g/mol. The lowest BCUT2D eigenvalue weighted by molar-refractivity contribution is 0.280. The Kier molecular flexibility index (Phi) is 6.50. The Morgan fingerprint density at radius 3 is 2.41 bits per heavy atom. The fourth-order valence-corrected chi connectivity index (χ4v) is 2.16. The van der Waals surface area contributed by atoms with Gasteiger partial charge in [0.15, 0.2) is 0 Å². The molecular formula is C19H21NO2. The second kappa shape index (κ2) is 8.89. The van der Waals surface area contributed by atoms with E-state index in [1.807, 2.05) is 48.5 Å². The van der Waals surface area contributed by atoms with E-state index < -0.39 is 0 Å². The summed E-state index contributed by atoms with van der Waals surface area (Å²) in [5.41, 5.74) is 3.28. The smallest absolute Gasteiger partial charge is 0.119 e. The number of rotatable bonds is 8. The minimum atomic E-state index is 0.0710. The van der Waals surface area contributed by atoms with Crippen molar-refractivity contribution >= 4 is 0 Å². The maximum atomic E-state index is 9.30. The Labute approximate surface area is 131 Å². The van der Waals surface area contributed by atoms with Gasteiger partial charge >= 0.3 is 0 Å². The molecule has 2 aromatic carbocycles. The van der Waals surface area contributed by atoms with Crippen molar-refractivity contribution in [1.82, 2.24) is 5.32 Å². The van der Waals surface area contributed by atoms with Crippen LogP contribution in [0.3, 0.4) is 0 Å². The van der Waals surface area contributed by atoms with Crippen LogP contribution in [0.5, 0.6) is 5.75 Å². The molecular weight excluding hydrogens is 274 g/mol. The van der Waals surface area contributed by atoms with E-state index in [1.54, 1.807) is 0 Å². The normalized spacial score (nSPS) is 10.2. The molecule has 0 aliphatic heterocycles. The summed E-state index contributed by atoms with van der Waals surface area (Å²) < 4.78 is 5.51. The van der Waals surface area contributed by atoms with E-state index in [0.717, 1.165) is 30.0 Å². The lowest BCUT2D eigenvalue weighted by Gasteiger charge is -2.09. The van der Waals surface area contributed by atoms with Crippen LogP contribution in [0.2, 0.25) is 0 Å². The maximum absolute atomic E-state index is 9.30. The highest BCUT2D eigenvalue weighted by Gasteiger charge is 2.00. The zero-order valence-corrected chi connectivity index (χ0v) is 12.6. The van der Waals surface area contributed by atoms with Crippen molar-refractivity contribution in [1.29, 1.82) is 0 Å². The summed E-state index contributed by atoms with van der Waals surface area (Å²) in [5, 5.41) is 12.7. The summed E-state index contributed by atoms with van der Waals surface area (Å²) in [5.74, 6) is 3.39. The largest absolute Gasteiger partial charge is 0.493 e. The molecule has 0 radical (unpaired) electrons. The van der Waals surface area contributed by atoms with Crippen LogP contribution in [0.1, 0.15) is 23.1 Å². The summed E-state index contributed by atoms with van der Waals surface area (Å²) in [6, 6.07) is 15.9. The first kappa shape index (κ1) is 16.1. The minimum Gasteiger partial charge on any atom is -0.493 e. The molecule has 3 heteroatoms. The topological polar surface area (TPSA) is 41.5 Å². The van der Waals surface area contributed by atoms with E-state index in [0.29, 0.717) is 13.0 Å². The minimum absolute atomic E-state index is 0.0710. The first-order valence-electron chi connectivity index (χ1n) is 7.37. The monoisotopic (exact) mass is 295 g/mol. The second-order valence-corrected chi connectivity index (χ2v) is 4.98. The quantitative estimate of drug-likeness (QED) is 0.581. The predicted molar refractivity (Wildman–Crippen MR) is 88.3 cm³/mol. The van der Waals surface area contributed by atoms with Gasteiger partial charge in [0, 0.05) is 19.5 Å². The number of hydrogen-bond acceptors (Lipinski definition) is 3. The molecule has 114 valence electrons. The van der Waals surface area contributed by atoms with E-state index in [2.05, 4.69) is 11.2 Å². The van der Waals surface area contributed by atoms with Gasteiger partial charge in [0.2, 0.25) is 0 Å². The van der Waals surface area contributed by atoms with Crippen molar-refractivity contribution in [3.63, 3.8) is 0 Å². The van der Waals surface area contributed by atoms with E-state index in [1.165, 1.54) is 5.56 Å². The lowest BCUT2D eigenvalue weighted by Crippen LogP contribution is -2.14. The van der Waals surface area contributed by atoms with Crippen molar-refractivity contribution in [2.24, 2.45) is 0 Å². The molecule has 0 aromatic heterocycles. The Balaban J connectivity index is 1.81. The molecule has 2 aromatic rings. The van der Waals surface area contributed by atoms with Gasteiger partial charge in [-0.1, -0.05) is 36.4 Å². The zero-order chi connectivity index (χ0) is 15.6. The highest BCUT2D eigenvalue weighted by Crippen LogP contribution is 2.13. The lowest BCUT2D eigenvalue weighted by atomic mass is 10.1. The SMILES string of the molecule is C#CCCOc1ccc(CNCc2ccccc2CO)cc1. The van der Waals surface area contributed by atoms with Crippen LogP contribution in [0, 0.1) is 12.3 Å². The molecule has 0 fully saturated rings. The van der Waals surface area contributed by atoms with Gasteiger partial charge in [-0.15, -0.1) is 12.3 Å². The number of terminal acetylenes is 1. The van der Waals surface area contributed by atoms with E-state index in [-0.39, 0.29) is 6.61 Å². The van der Waals surface area contributed by atoms with Gasteiger partial charge < -0.3 is 15.2 Å². The molecule has 0 aliphatic rings. The van der Waals surface area contributed by atoms with Gasteiger partial charge in [0.1, 0.15) is 5.75 Å². The maximum Gasteiger partial charge on any atom is 0.119 e. The summed E-state index contributed by atoms with van der Waals surface area (Å²) in [6.07, 6.45) is 5.80. The van der Waals surface area contributed by atoms with Crippen molar-refractivity contribution in [2.45, 2.75) is 26.1 Å². The Morgan fingerprint density at radius 2 is 1.73 bits per heavy atom. The summed E-state index contributed by atoms with van der Waals surface area (Å²) in [4.78, 5) is 0. The molecule has 0 unspecified atom stereocenters. The number of aliphatic hydroxyl groups excluding tert-OH is 1. The van der Waals surface area contributed by atoms with Gasteiger partial charge in [-0.05, 0) is 28.8 Å². The van der Waals surface area contributed by atoms with Crippen LogP contribution in [-0.4, -0.2) is 11.7 Å². The van der Waals surface area contributed by atoms with Gasteiger partial charge in [-0.3, -0.25) is 0 Å². The summed E-state index contributed by atoms with van der Waals surface area (Å²) in [6.45, 7) is 2.12. The molecule has 0 atom stereocenters. The van der Waals surface area contributed by atoms with Crippen LogP contribution in [0.15, 0.2) is 48.5 Å². The van der Waals surface area contributed by atoms with Crippen molar-refractivity contribution in [2.75, 3.05) is 6.61 Å². The molecule has 3 nitrogen and oxygen atoms in total. The third-order valence-corrected chi connectivity index (χ3v) is 3.37. The number of aliphatic hydroxyl groups is 1. The predicted octanol–water partition coefficient (Wildman–Crippen LogP) is 2.87. The molecule has 0 saturated heterocycles. The van der Waals surface area contributed by atoms with Gasteiger partial charge in [-0.25, -0.2) is 0 Å². The summed E-state index contributed by atoms with van der Waals surface area (Å²) in [7, 11) is 0. The molecule has 0 spiro atoms. The van der Waals surface area contributed by atoms with Crippen LogP contribution < -0.4 is 10.1 Å². The first-order chi connectivity index (χ1) is 10.8. The van der Waals surface area contributed by atoms with E-state index in [9.17, 15) is 5.11 Å². The van der Waals surface area contributed by atoms with Crippen molar-refractivity contribution in [3.05, 3.63) is 65.2 Å². The fourth-order valence-electron chi connectivity index (χ4n) is 2.16. The third kappa shape index (κ3) is 4.92. The van der Waals surface area contributed by atoms with Gasteiger partial charge in [0.25, 0.3) is 0 Å². The third-order valence-electron chi connectivity index (χ3n) is 3.37. The highest BCUT2D eigenvalue weighted by molar-refractivity contribution is 5.28. The fraction of sp³-hybridized carbons (Fsp3) is 0.263. The molecule has 22 heavy (non-hydrogen) atoms. The van der Waals surface area contributed by atoms with E-state index in [4.69, 9.17) is 11.2 Å². The van der Waals surface area contributed by atoms with Crippen molar-refractivity contribution < 1.29 is 9.84 Å². The first-order valence-corrected chi connectivity index (χ1v) is 7.37. The molecule has 0 aliphatic carbocycles. The van der Waals surface area contributed by atoms with Gasteiger partial charge in [0.05, 0.1) is 13.2 Å². The van der Waals surface area contributed by atoms with Crippen LogP contribution >= 0.6 is 0 Å². The molecule has 2 N–H and O–H groups in total. The zero-order valence-electron chi connectivity index (χ0n) is 12.6. The molecule has 0 saturated carbocycles.